The van der Waals surface area contributed by atoms with Gasteiger partial charge in [0, 0.05) is 65.2 Å². The van der Waals surface area contributed by atoms with Crippen LogP contribution in [0.4, 0.5) is 4.39 Å². The van der Waals surface area contributed by atoms with Crippen LogP contribution >= 0.6 is 0 Å². The lowest BCUT2D eigenvalue weighted by atomic mass is 10.0. The number of benzene rings is 2. The summed E-state index contributed by atoms with van der Waals surface area (Å²) in [6.07, 6.45) is 5.57. The number of halogens is 1. The third-order valence-corrected chi connectivity index (χ3v) is 6.96. The van der Waals surface area contributed by atoms with Crippen LogP contribution in [0.3, 0.4) is 0 Å². The van der Waals surface area contributed by atoms with Crippen molar-refractivity contribution in [3.63, 3.8) is 0 Å². The lowest BCUT2D eigenvalue weighted by Crippen LogP contribution is -2.19. The number of fused-ring (bicyclic) bond motifs is 2. The van der Waals surface area contributed by atoms with Gasteiger partial charge in [-0.15, -0.1) is 0 Å². The molecule has 0 unspecified atom stereocenters. The molecule has 0 atom stereocenters. The molecule has 0 radical (unpaired) electrons. The molecule has 8 nitrogen and oxygen atoms in total. The third-order valence-electron chi connectivity index (χ3n) is 6.96. The summed E-state index contributed by atoms with van der Waals surface area (Å²) < 4.78 is 20.5. The molecule has 0 aliphatic rings. The molecule has 0 amide bonds. The van der Waals surface area contributed by atoms with Crippen molar-refractivity contribution in [1.82, 2.24) is 34.9 Å². The van der Waals surface area contributed by atoms with E-state index in [1.54, 1.807) is 6.07 Å². The number of hydrogen-bond acceptors (Lipinski definition) is 6. The van der Waals surface area contributed by atoms with Crippen molar-refractivity contribution in [3.05, 3.63) is 84.6 Å². The monoisotopic (exact) mass is 549 g/mol. The number of nitrogens with one attached hydrogen (secondary N) is 2. The summed E-state index contributed by atoms with van der Waals surface area (Å²) in [5.41, 5.74) is 8.03. The molecule has 4 heterocycles. The summed E-state index contributed by atoms with van der Waals surface area (Å²) in [6, 6.07) is 17.1. The van der Waals surface area contributed by atoms with Crippen molar-refractivity contribution in [2.45, 2.75) is 6.54 Å². The summed E-state index contributed by atoms with van der Waals surface area (Å²) in [4.78, 5) is 16.7. The second kappa shape index (κ2) is 11.1. The van der Waals surface area contributed by atoms with Crippen molar-refractivity contribution in [2.24, 2.45) is 0 Å². The SMILES string of the molecule is CN(C)CCOc1cc(F)cc(-c2cccc3[nH]c(-c4[nH]nc5ncc(-c6cncc(CN(C)C)c6)cc45)cc23)c1. The highest BCUT2D eigenvalue weighted by Crippen LogP contribution is 2.36. The van der Waals surface area contributed by atoms with Gasteiger partial charge in [-0.1, -0.05) is 12.1 Å². The topological polar surface area (TPSA) is 86.0 Å². The van der Waals surface area contributed by atoms with Crippen LogP contribution in [0.15, 0.2) is 73.2 Å². The third kappa shape index (κ3) is 5.68. The van der Waals surface area contributed by atoms with Gasteiger partial charge in [-0.3, -0.25) is 10.1 Å². The van der Waals surface area contributed by atoms with E-state index in [0.29, 0.717) is 18.0 Å². The second-order valence-electron chi connectivity index (χ2n) is 10.8. The Hall–Kier alpha value is -4.60. The van der Waals surface area contributed by atoms with E-state index >= 15 is 0 Å². The first-order valence-electron chi connectivity index (χ1n) is 13.5. The zero-order valence-electron chi connectivity index (χ0n) is 23.6. The van der Waals surface area contributed by atoms with Gasteiger partial charge in [-0.05, 0) is 81.3 Å². The van der Waals surface area contributed by atoms with Crippen LogP contribution in [-0.4, -0.2) is 76.3 Å². The predicted octanol–water partition coefficient (Wildman–Crippen LogP) is 5.98. The summed E-state index contributed by atoms with van der Waals surface area (Å²) in [7, 11) is 8.03. The van der Waals surface area contributed by atoms with Crippen molar-refractivity contribution >= 4 is 21.9 Å². The molecule has 0 aliphatic carbocycles. The van der Waals surface area contributed by atoms with Crippen LogP contribution in [0.1, 0.15) is 5.56 Å². The Labute approximate surface area is 237 Å². The molecule has 0 saturated heterocycles. The largest absolute Gasteiger partial charge is 0.492 e. The van der Waals surface area contributed by atoms with E-state index in [1.165, 1.54) is 6.07 Å². The zero-order chi connectivity index (χ0) is 28.5. The number of H-pyrrole nitrogens is 2. The predicted molar refractivity (Wildman–Crippen MR) is 161 cm³/mol. The van der Waals surface area contributed by atoms with E-state index in [1.807, 2.05) is 75.9 Å². The molecule has 0 aliphatic heterocycles. The second-order valence-corrected chi connectivity index (χ2v) is 10.8. The van der Waals surface area contributed by atoms with E-state index in [-0.39, 0.29) is 5.82 Å². The fourth-order valence-corrected chi connectivity index (χ4v) is 5.05. The lowest BCUT2D eigenvalue weighted by molar-refractivity contribution is 0.260. The van der Waals surface area contributed by atoms with Crippen LogP contribution in [0.25, 0.3) is 55.6 Å². The fourth-order valence-electron chi connectivity index (χ4n) is 5.05. The Morgan fingerprint density at radius 3 is 2.54 bits per heavy atom. The molecular weight excluding hydrogens is 517 g/mol. The number of ether oxygens (including phenoxy) is 1. The quantitative estimate of drug-likeness (QED) is 0.231. The molecule has 41 heavy (non-hydrogen) atoms. The normalized spacial score (nSPS) is 11.8. The molecule has 0 fully saturated rings. The highest BCUT2D eigenvalue weighted by Gasteiger charge is 2.16. The maximum Gasteiger partial charge on any atom is 0.181 e. The van der Waals surface area contributed by atoms with Crippen LogP contribution in [0, 0.1) is 5.82 Å². The first kappa shape index (κ1) is 26.6. The minimum absolute atomic E-state index is 0.336. The van der Waals surface area contributed by atoms with Gasteiger partial charge >= 0.3 is 0 Å². The lowest BCUT2D eigenvalue weighted by Gasteiger charge is -2.12. The number of pyridine rings is 2. The number of rotatable bonds is 9. The van der Waals surface area contributed by atoms with Gasteiger partial charge in [0.1, 0.15) is 18.2 Å². The van der Waals surface area contributed by atoms with E-state index in [0.717, 1.165) is 68.6 Å². The molecular formula is C32H32FN7O. The van der Waals surface area contributed by atoms with E-state index in [2.05, 4.69) is 48.2 Å². The number of likely N-dealkylation sites (N-methyl/N-ethyl adjacent to an activating group) is 1. The highest BCUT2D eigenvalue weighted by molar-refractivity contribution is 6.01. The number of aromatic amines is 2. The highest BCUT2D eigenvalue weighted by atomic mass is 19.1. The van der Waals surface area contributed by atoms with E-state index < -0.39 is 0 Å². The Balaban J connectivity index is 1.37. The summed E-state index contributed by atoms with van der Waals surface area (Å²) >= 11 is 0. The van der Waals surface area contributed by atoms with Crippen molar-refractivity contribution in [1.29, 1.82) is 0 Å². The van der Waals surface area contributed by atoms with Crippen LogP contribution in [-0.2, 0) is 6.54 Å². The minimum atomic E-state index is -0.336. The smallest absolute Gasteiger partial charge is 0.181 e. The van der Waals surface area contributed by atoms with Crippen molar-refractivity contribution in [3.8, 4) is 39.4 Å². The average molecular weight is 550 g/mol. The molecule has 2 aromatic carbocycles. The van der Waals surface area contributed by atoms with Crippen molar-refractivity contribution < 1.29 is 9.13 Å². The van der Waals surface area contributed by atoms with Crippen LogP contribution in [0.5, 0.6) is 5.75 Å². The van der Waals surface area contributed by atoms with E-state index in [9.17, 15) is 4.39 Å². The molecule has 2 N–H and O–H groups in total. The zero-order valence-corrected chi connectivity index (χ0v) is 23.6. The minimum Gasteiger partial charge on any atom is -0.492 e. The molecule has 0 saturated carbocycles. The van der Waals surface area contributed by atoms with Crippen molar-refractivity contribution in [2.75, 3.05) is 41.3 Å². The standard InChI is InChI=1S/C32H32FN7O/c1-39(2)8-9-41-25-12-21(11-24(33)14-25)26-6-5-7-29-27(26)15-30(36-29)31-28-13-23(18-35-32(28)38-37-31)22-10-20(16-34-17-22)19-40(3)4/h5-7,10-18,36H,8-9,19H2,1-4H3,(H,35,37,38). The summed E-state index contributed by atoms with van der Waals surface area (Å²) in [5.74, 6) is 0.175. The van der Waals surface area contributed by atoms with Gasteiger partial charge in [0.2, 0.25) is 0 Å². The summed E-state index contributed by atoms with van der Waals surface area (Å²) in [6.45, 7) is 2.03. The Bertz CT molecular complexity index is 1840. The van der Waals surface area contributed by atoms with Gasteiger partial charge in [0.25, 0.3) is 0 Å². The molecule has 6 rings (SSSR count). The number of aromatic nitrogens is 5. The first-order chi connectivity index (χ1) is 19.8. The maximum atomic E-state index is 14.6. The van der Waals surface area contributed by atoms with Gasteiger partial charge < -0.3 is 19.5 Å². The summed E-state index contributed by atoms with van der Waals surface area (Å²) in [5, 5.41) is 9.49. The molecule has 208 valence electrons. The number of hydrogen-bond donors (Lipinski definition) is 2. The number of nitrogens with zero attached hydrogens (tertiary/aromatic N) is 5. The molecule has 0 bridgehead atoms. The van der Waals surface area contributed by atoms with Crippen LogP contribution < -0.4 is 4.74 Å². The van der Waals surface area contributed by atoms with Gasteiger partial charge in [-0.25, -0.2) is 9.37 Å². The van der Waals surface area contributed by atoms with Crippen LogP contribution in [0.2, 0.25) is 0 Å². The maximum absolute atomic E-state index is 14.6. The fraction of sp³-hybridized carbons (Fsp3) is 0.219. The molecule has 4 aromatic heterocycles. The Morgan fingerprint density at radius 1 is 0.854 bits per heavy atom. The van der Waals surface area contributed by atoms with Gasteiger partial charge in [0.15, 0.2) is 5.65 Å². The Kier molecular flexibility index (Phi) is 7.21. The van der Waals surface area contributed by atoms with Gasteiger partial charge in [-0.2, -0.15) is 5.10 Å². The average Bonchev–Trinajstić information content (AvgIpc) is 3.56. The Morgan fingerprint density at radius 2 is 1.71 bits per heavy atom. The molecule has 9 heteroatoms. The molecule has 6 aromatic rings. The van der Waals surface area contributed by atoms with E-state index in [4.69, 9.17) is 4.74 Å². The first-order valence-corrected chi connectivity index (χ1v) is 13.5. The van der Waals surface area contributed by atoms with Gasteiger partial charge in [0.05, 0.1) is 11.4 Å². The molecule has 0 spiro atoms.